The maximum atomic E-state index is 11.1. The second-order valence-corrected chi connectivity index (χ2v) is 3.75. The van der Waals surface area contributed by atoms with Gasteiger partial charge in [-0.3, -0.25) is 0 Å². The van der Waals surface area contributed by atoms with Crippen molar-refractivity contribution in [2.75, 3.05) is 6.61 Å². The average molecular weight is 210 g/mol. The van der Waals surface area contributed by atoms with Crippen molar-refractivity contribution in [3.63, 3.8) is 0 Å². The quantitative estimate of drug-likeness (QED) is 0.397. The highest BCUT2D eigenvalue weighted by Gasteiger charge is 2.19. The van der Waals surface area contributed by atoms with E-state index in [2.05, 4.69) is 13.5 Å². The SMILES string of the molecule is C=C(OCCCC)C1=CC(=O)OC(C)C1. The van der Waals surface area contributed by atoms with Crippen LogP contribution < -0.4 is 0 Å². The van der Waals surface area contributed by atoms with Gasteiger partial charge in [-0.1, -0.05) is 19.9 Å². The van der Waals surface area contributed by atoms with E-state index in [1.54, 1.807) is 0 Å². The lowest BCUT2D eigenvalue weighted by atomic mass is 10.1. The van der Waals surface area contributed by atoms with Crippen molar-refractivity contribution in [3.05, 3.63) is 24.0 Å². The fraction of sp³-hybridized carbons (Fsp3) is 0.583. The van der Waals surface area contributed by atoms with Gasteiger partial charge in [0.05, 0.1) is 6.61 Å². The summed E-state index contributed by atoms with van der Waals surface area (Å²) in [4.78, 5) is 11.1. The van der Waals surface area contributed by atoms with Crippen molar-refractivity contribution in [2.45, 2.75) is 39.2 Å². The molecule has 1 unspecified atom stereocenters. The van der Waals surface area contributed by atoms with E-state index in [0.29, 0.717) is 18.8 Å². The highest BCUT2D eigenvalue weighted by molar-refractivity contribution is 5.84. The fourth-order valence-corrected chi connectivity index (χ4v) is 1.41. The van der Waals surface area contributed by atoms with Gasteiger partial charge in [0.2, 0.25) is 0 Å². The monoisotopic (exact) mass is 210 g/mol. The van der Waals surface area contributed by atoms with Gasteiger partial charge in [0.15, 0.2) is 0 Å². The molecule has 1 heterocycles. The molecule has 1 aliphatic heterocycles. The van der Waals surface area contributed by atoms with Crippen LogP contribution in [0.2, 0.25) is 0 Å². The first-order valence-corrected chi connectivity index (χ1v) is 5.36. The minimum Gasteiger partial charge on any atom is -0.494 e. The highest BCUT2D eigenvalue weighted by atomic mass is 16.5. The number of allylic oxidation sites excluding steroid dienone is 1. The Morgan fingerprint density at radius 1 is 1.73 bits per heavy atom. The van der Waals surface area contributed by atoms with Crippen LogP contribution in [0.3, 0.4) is 0 Å². The molecule has 0 bridgehead atoms. The summed E-state index contributed by atoms with van der Waals surface area (Å²) in [7, 11) is 0. The first-order valence-electron chi connectivity index (χ1n) is 5.36. The van der Waals surface area contributed by atoms with E-state index < -0.39 is 0 Å². The zero-order valence-electron chi connectivity index (χ0n) is 9.41. The van der Waals surface area contributed by atoms with Crippen LogP contribution >= 0.6 is 0 Å². The molecule has 0 aliphatic carbocycles. The number of esters is 1. The van der Waals surface area contributed by atoms with E-state index in [1.807, 2.05) is 6.92 Å². The molecule has 1 aliphatic rings. The van der Waals surface area contributed by atoms with Crippen LogP contribution in [-0.4, -0.2) is 18.7 Å². The van der Waals surface area contributed by atoms with E-state index in [-0.39, 0.29) is 12.1 Å². The molecule has 0 amide bonds. The molecule has 0 saturated carbocycles. The molecule has 0 aromatic carbocycles. The minimum atomic E-state index is -0.302. The molecule has 0 radical (unpaired) electrons. The zero-order valence-corrected chi connectivity index (χ0v) is 9.41. The first-order chi connectivity index (χ1) is 7.13. The third kappa shape index (κ3) is 3.78. The van der Waals surface area contributed by atoms with Crippen LogP contribution in [0.4, 0.5) is 0 Å². The number of cyclic esters (lactones) is 1. The van der Waals surface area contributed by atoms with E-state index >= 15 is 0 Å². The maximum Gasteiger partial charge on any atom is 0.331 e. The minimum absolute atomic E-state index is 0.0796. The molecule has 0 fully saturated rings. The summed E-state index contributed by atoms with van der Waals surface area (Å²) in [6.07, 6.45) is 4.17. The number of hydrogen-bond donors (Lipinski definition) is 0. The number of carbonyl (C=O) groups excluding carboxylic acids is 1. The Hall–Kier alpha value is -1.25. The Morgan fingerprint density at radius 3 is 3.07 bits per heavy atom. The summed E-state index contributed by atoms with van der Waals surface area (Å²) in [6.45, 7) is 8.45. The third-order valence-corrected chi connectivity index (χ3v) is 2.25. The lowest BCUT2D eigenvalue weighted by Crippen LogP contribution is -2.20. The average Bonchev–Trinajstić information content (AvgIpc) is 2.16. The van der Waals surface area contributed by atoms with Crippen LogP contribution in [0.15, 0.2) is 24.0 Å². The summed E-state index contributed by atoms with van der Waals surface area (Å²) in [5.74, 6) is 0.302. The predicted octanol–water partition coefficient (Wildman–Crippen LogP) is 2.58. The predicted molar refractivity (Wildman–Crippen MR) is 58.3 cm³/mol. The van der Waals surface area contributed by atoms with Crippen molar-refractivity contribution in [1.82, 2.24) is 0 Å². The lowest BCUT2D eigenvalue weighted by molar-refractivity contribution is -0.143. The molecule has 0 aromatic heterocycles. The third-order valence-electron chi connectivity index (χ3n) is 2.25. The topological polar surface area (TPSA) is 35.5 Å². The van der Waals surface area contributed by atoms with Crippen LogP contribution in [0.25, 0.3) is 0 Å². The van der Waals surface area contributed by atoms with Gasteiger partial charge in [0, 0.05) is 18.1 Å². The smallest absolute Gasteiger partial charge is 0.331 e. The van der Waals surface area contributed by atoms with Gasteiger partial charge in [-0.2, -0.15) is 0 Å². The number of ether oxygens (including phenoxy) is 2. The van der Waals surface area contributed by atoms with E-state index in [9.17, 15) is 4.79 Å². The highest BCUT2D eigenvalue weighted by Crippen LogP contribution is 2.22. The standard InChI is InChI=1S/C12H18O3/c1-4-5-6-14-10(3)11-7-9(2)15-12(13)8-11/h8-9H,3-7H2,1-2H3. The van der Waals surface area contributed by atoms with Gasteiger partial charge in [-0.15, -0.1) is 0 Å². The lowest BCUT2D eigenvalue weighted by Gasteiger charge is -2.21. The van der Waals surface area contributed by atoms with Gasteiger partial charge in [-0.25, -0.2) is 4.79 Å². The second-order valence-electron chi connectivity index (χ2n) is 3.75. The molecular formula is C12H18O3. The largest absolute Gasteiger partial charge is 0.494 e. The molecule has 3 heteroatoms. The summed E-state index contributed by atoms with van der Waals surface area (Å²) in [5.41, 5.74) is 0.856. The molecule has 1 rings (SSSR count). The Balaban J connectivity index is 2.48. The van der Waals surface area contributed by atoms with Crippen molar-refractivity contribution < 1.29 is 14.3 Å². The first kappa shape index (κ1) is 11.8. The van der Waals surface area contributed by atoms with E-state index in [4.69, 9.17) is 9.47 Å². The van der Waals surface area contributed by atoms with Crippen molar-refractivity contribution >= 4 is 5.97 Å². The molecule has 0 spiro atoms. The molecule has 0 aromatic rings. The summed E-state index contributed by atoms with van der Waals surface area (Å²) < 4.78 is 10.4. The molecule has 1 atom stereocenters. The van der Waals surface area contributed by atoms with Crippen molar-refractivity contribution in [3.8, 4) is 0 Å². The summed E-state index contributed by atoms with van der Waals surface area (Å²) >= 11 is 0. The Morgan fingerprint density at radius 2 is 2.47 bits per heavy atom. The fourth-order valence-electron chi connectivity index (χ4n) is 1.41. The summed E-state index contributed by atoms with van der Waals surface area (Å²) in [6, 6.07) is 0. The second kappa shape index (κ2) is 5.59. The van der Waals surface area contributed by atoms with E-state index in [0.717, 1.165) is 18.4 Å². The van der Waals surface area contributed by atoms with Gasteiger partial charge < -0.3 is 9.47 Å². The van der Waals surface area contributed by atoms with Gasteiger partial charge in [-0.05, 0) is 13.3 Å². The Labute approximate surface area is 90.8 Å². The Bertz CT molecular complexity index is 279. The van der Waals surface area contributed by atoms with Crippen molar-refractivity contribution in [1.29, 1.82) is 0 Å². The number of carbonyl (C=O) groups is 1. The number of unbranched alkanes of at least 4 members (excludes halogenated alkanes) is 1. The van der Waals surface area contributed by atoms with Crippen LogP contribution in [0, 0.1) is 0 Å². The molecule has 3 nitrogen and oxygen atoms in total. The molecule has 0 saturated heterocycles. The van der Waals surface area contributed by atoms with Crippen molar-refractivity contribution in [2.24, 2.45) is 0 Å². The van der Waals surface area contributed by atoms with Crippen LogP contribution in [-0.2, 0) is 14.3 Å². The molecule has 84 valence electrons. The maximum absolute atomic E-state index is 11.1. The van der Waals surface area contributed by atoms with Crippen LogP contribution in [0.5, 0.6) is 0 Å². The van der Waals surface area contributed by atoms with Gasteiger partial charge in [0.25, 0.3) is 0 Å². The van der Waals surface area contributed by atoms with E-state index in [1.165, 1.54) is 6.08 Å². The Kier molecular flexibility index (Phi) is 4.40. The number of hydrogen-bond acceptors (Lipinski definition) is 3. The van der Waals surface area contributed by atoms with Gasteiger partial charge >= 0.3 is 5.97 Å². The number of rotatable bonds is 5. The van der Waals surface area contributed by atoms with Gasteiger partial charge in [0.1, 0.15) is 11.9 Å². The molecule has 0 N–H and O–H groups in total. The molecular weight excluding hydrogens is 192 g/mol. The summed E-state index contributed by atoms with van der Waals surface area (Å²) in [5, 5.41) is 0. The van der Waals surface area contributed by atoms with Crippen LogP contribution in [0.1, 0.15) is 33.1 Å². The zero-order chi connectivity index (χ0) is 11.3. The normalized spacial score (nSPS) is 20.5. The molecule has 15 heavy (non-hydrogen) atoms.